The van der Waals surface area contributed by atoms with Gasteiger partial charge in [0, 0.05) is 51.2 Å². The van der Waals surface area contributed by atoms with E-state index in [1.165, 1.54) is 0 Å². The Bertz CT molecular complexity index is 895. The van der Waals surface area contributed by atoms with Crippen LogP contribution < -0.4 is 10.1 Å². The summed E-state index contributed by atoms with van der Waals surface area (Å²) in [6, 6.07) is 1.73. The van der Waals surface area contributed by atoms with E-state index in [-0.39, 0.29) is 23.8 Å². The van der Waals surface area contributed by atoms with Crippen LogP contribution in [0.1, 0.15) is 66.7 Å². The maximum atomic E-state index is 12.7. The molecule has 0 saturated carbocycles. The van der Waals surface area contributed by atoms with E-state index in [0.717, 1.165) is 19.4 Å². The molecule has 3 heterocycles. The SMILES string of the molecule is CNC(=O)c1cnc(C2CCCN(C(=O)CCc3cc(OC(C)C)no3)C2)nc1C. The lowest BCUT2D eigenvalue weighted by Gasteiger charge is -2.32. The van der Waals surface area contributed by atoms with Crippen LogP contribution >= 0.6 is 0 Å². The van der Waals surface area contributed by atoms with Gasteiger partial charge in [0.15, 0.2) is 0 Å². The van der Waals surface area contributed by atoms with Crippen molar-refractivity contribution in [3.05, 3.63) is 35.1 Å². The van der Waals surface area contributed by atoms with Crippen molar-refractivity contribution in [1.29, 1.82) is 0 Å². The summed E-state index contributed by atoms with van der Waals surface area (Å²) in [6.45, 7) is 6.94. The van der Waals surface area contributed by atoms with E-state index >= 15 is 0 Å². The van der Waals surface area contributed by atoms with E-state index < -0.39 is 0 Å². The summed E-state index contributed by atoms with van der Waals surface area (Å²) in [5.41, 5.74) is 1.12. The second kappa shape index (κ2) is 9.69. The Morgan fingerprint density at radius 2 is 2.20 bits per heavy atom. The van der Waals surface area contributed by atoms with E-state index in [4.69, 9.17) is 9.26 Å². The molecule has 2 aromatic heterocycles. The van der Waals surface area contributed by atoms with Gasteiger partial charge >= 0.3 is 0 Å². The molecule has 0 radical (unpaired) electrons. The number of piperidine rings is 1. The van der Waals surface area contributed by atoms with Crippen LogP contribution in [-0.2, 0) is 11.2 Å². The summed E-state index contributed by atoms with van der Waals surface area (Å²) < 4.78 is 10.7. The van der Waals surface area contributed by atoms with Crippen LogP contribution in [0.3, 0.4) is 0 Å². The summed E-state index contributed by atoms with van der Waals surface area (Å²) in [7, 11) is 1.58. The predicted octanol–water partition coefficient (Wildman–Crippen LogP) is 2.26. The van der Waals surface area contributed by atoms with Gasteiger partial charge in [-0.3, -0.25) is 9.59 Å². The van der Waals surface area contributed by atoms with Crippen LogP contribution in [0.4, 0.5) is 0 Å². The number of nitrogens with one attached hydrogen (secondary N) is 1. The Hall–Kier alpha value is -2.97. The van der Waals surface area contributed by atoms with Crippen molar-refractivity contribution in [3.63, 3.8) is 0 Å². The number of ether oxygens (including phenoxy) is 1. The first-order valence-corrected chi connectivity index (χ1v) is 10.3. The fourth-order valence-corrected chi connectivity index (χ4v) is 3.55. The standard InChI is InChI=1S/C21H29N5O4/c1-13(2)29-18-10-16(30-25-18)7-8-19(27)26-9-5-6-15(12-26)20-23-11-17(14(3)24-20)21(28)22-4/h10-11,13,15H,5-9,12H2,1-4H3,(H,22,28). The van der Waals surface area contributed by atoms with Gasteiger partial charge < -0.3 is 19.5 Å². The average molecular weight is 415 g/mol. The minimum atomic E-state index is -0.200. The van der Waals surface area contributed by atoms with E-state index in [1.807, 2.05) is 18.7 Å². The third-order valence-corrected chi connectivity index (χ3v) is 5.09. The predicted molar refractivity (Wildman–Crippen MR) is 109 cm³/mol. The summed E-state index contributed by atoms with van der Waals surface area (Å²) in [6.07, 6.45) is 4.22. The quantitative estimate of drug-likeness (QED) is 0.738. The highest BCUT2D eigenvalue weighted by Gasteiger charge is 2.27. The molecule has 1 atom stereocenters. The topological polar surface area (TPSA) is 110 Å². The summed E-state index contributed by atoms with van der Waals surface area (Å²) >= 11 is 0. The number of aromatic nitrogens is 3. The molecule has 9 heteroatoms. The van der Waals surface area contributed by atoms with E-state index in [1.54, 1.807) is 26.2 Å². The average Bonchev–Trinajstić information content (AvgIpc) is 3.18. The number of likely N-dealkylation sites (tertiary alicyclic amines) is 1. The number of hydrogen-bond donors (Lipinski definition) is 1. The molecule has 2 amide bonds. The van der Waals surface area contributed by atoms with Gasteiger partial charge in [0.25, 0.3) is 11.8 Å². The Balaban J connectivity index is 1.57. The molecule has 1 aliphatic rings. The number of carbonyl (C=O) groups is 2. The summed E-state index contributed by atoms with van der Waals surface area (Å²) in [4.78, 5) is 35.4. The van der Waals surface area contributed by atoms with Gasteiger partial charge in [-0.1, -0.05) is 0 Å². The molecule has 9 nitrogen and oxygen atoms in total. The lowest BCUT2D eigenvalue weighted by Crippen LogP contribution is -2.39. The number of nitrogens with zero attached hydrogens (tertiary/aromatic N) is 4. The molecule has 30 heavy (non-hydrogen) atoms. The number of hydrogen-bond acceptors (Lipinski definition) is 7. The third kappa shape index (κ3) is 5.34. The van der Waals surface area contributed by atoms with E-state index in [9.17, 15) is 9.59 Å². The molecule has 1 N–H and O–H groups in total. The molecule has 162 valence electrons. The van der Waals surface area contributed by atoms with E-state index in [2.05, 4.69) is 20.4 Å². The van der Waals surface area contributed by atoms with Gasteiger partial charge in [-0.15, -0.1) is 0 Å². The molecular formula is C21H29N5O4. The number of carbonyl (C=O) groups excluding carboxylic acids is 2. The van der Waals surface area contributed by atoms with Crippen LogP contribution in [0.25, 0.3) is 0 Å². The minimum absolute atomic E-state index is 0.0196. The van der Waals surface area contributed by atoms with Gasteiger partial charge in [0.05, 0.1) is 17.4 Å². The Morgan fingerprint density at radius 1 is 1.40 bits per heavy atom. The van der Waals surface area contributed by atoms with Gasteiger partial charge in [0.2, 0.25) is 5.91 Å². The highest BCUT2D eigenvalue weighted by molar-refractivity contribution is 5.94. The highest BCUT2D eigenvalue weighted by Crippen LogP contribution is 2.26. The van der Waals surface area contributed by atoms with Crippen molar-refractivity contribution < 1.29 is 18.8 Å². The lowest BCUT2D eigenvalue weighted by molar-refractivity contribution is -0.132. The fraction of sp³-hybridized carbons (Fsp3) is 0.571. The van der Waals surface area contributed by atoms with Gasteiger partial charge in [-0.05, 0) is 38.8 Å². The maximum absolute atomic E-state index is 12.7. The van der Waals surface area contributed by atoms with Crippen molar-refractivity contribution >= 4 is 11.8 Å². The number of amides is 2. The molecule has 1 fully saturated rings. The molecular weight excluding hydrogens is 386 g/mol. The van der Waals surface area contributed by atoms with Crippen molar-refractivity contribution in [1.82, 2.24) is 25.3 Å². The Labute approximate surface area is 176 Å². The van der Waals surface area contributed by atoms with Crippen molar-refractivity contribution in [2.75, 3.05) is 20.1 Å². The Morgan fingerprint density at radius 3 is 2.90 bits per heavy atom. The van der Waals surface area contributed by atoms with Crippen molar-refractivity contribution in [3.8, 4) is 5.88 Å². The molecule has 0 spiro atoms. The van der Waals surface area contributed by atoms with Crippen LogP contribution in [0.2, 0.25) is 0 Å². The molecule has 0 aliphatic carbocycles. The van der Waals surface area contributed by atoms with Gasteiger partial charge in [0.1, 0.15) is 11.6 Å². The number of aryl methyl sites for hydroxylation is 2. The highest BCUT2D eigenvalue weighted by atomic mass is 16.5. The van der Waals surface area contributed by atoms with Crippen LogP contribution in [-0.4, -0.2) is 58.1 Å². The van der Waals surface area contributed by atoms with Crippen LogP contribution in [0.15, 0.2) is 16.8 Å². The molecule has 3 rings (SSSR count). The second-order valence-electron chi connectivity index (χ2n) is 7.78. The smallest absolute Gasteiger partial charge is 0.254 e. The molecule has 0 bridgehead atoms. The van der Waals surface area contributed by atoms with Crippen LogP contribution in [0.5, 0.6) is 5.88 Å². The summed E-state index contributed by atoms with van der Waals surface area (Å²) in [5, 5.41) is 6.45. The van der Waals surface area contributed by atoms with Crippen LogP contribution in [0, 0.1) is 6.92 Å². The van der Waals surface area contributed by atoms with Crippen molar-refractivity contribution in [2.45, 2.75) is 58.5 Å². The fourth-order valence-electron chi connectivity index (χ4n) is 3.55. The van der Waals surface area contributed by atoms with Crippen molar-refractivity contribution in [2.24, 2.45) is 0 Å². The first-order valence-electron chi connectivity index (χ1n) is 10.3. The monoisotopic (exact) mass is 415 g/mol. The third-order valence-electron chi connectivity index (χ3n) is 5.09. The largest absolute Gasteiger partial charge is 0.473 e. The second-order valence-corrected chi connectivity index (χ2v) is 7.78. The molecule has 1 aliphatic heterocycles. The molecule has 1 unspecified atom stereocenters. The molecule has 1 saturated heterocycles. The number of rotatable bonds is 7. The first-order chi connectivity index (χ1) is 14.4. The van der Waals surface area contributed by atoms with Gasteiger partial charge in [-0.25, -0.2) is 9.97 Å². The zero-order chi connectivity index (χ0) is 21.7. The Kier molecular flexibility index (Phi) is 7.02. The maximum Gasteiger partial charge on any atom is 0.254 e. The summed E-state index contributed by atoms with van der Waals surface area (Å²) in [5.74, 6) is 1.70. The zero-order valence-corrected chi connectivity index (χ0v) is 18.0. The zero-order valence-electron chi connectivity index (χ0n) is 18.0. The van der Waals surface area contributed by atoms with E-state index in [0.29, 0.717) is 48.1 Å². The van der Waals surface area contributed by atoms with Gasteiger partial charge in [-0.2, -0.15) is 0 Å². The lowest BCUT2D eigenvalue weighted by atomic mass is 9.96. The minimum Gasteiger partial charge on any atom is -0.473 e. The molecule has 2 aromatic rings. The normalized spacial score (nSPS) is 16.6. The molecule has 0 aromatic carbocycles. The first kappa shape index (κ1) is 21.7.